The van der Waals surface area contributed by atoms with Gasteiger partial charge in [0.2, 0.25) is 0 Å². The Morgan fingerprint density at radius 2 is 1.85 bits per heavy atom. The Kier molecular flexibility index (Phi) is 4.47. The molecule has 20 heavy (non-hydrogen) atoms. The molecule has 3 N–H and O–H groups in total. The van der Waals surface area contributed by atoms with Crippen LogP contribution >= 0.6 is 0 Å². The number of nitrogens with two attached hydrogens (primary N) is 1. The predicted octanol–water partition coefficient (Wildman–Crippen LogP) is 3.33. The van der Waals surface area contributed by atoms with E-state index in [1.54, 1.807) is 0 Å². The SMILES string of the molecule is Cc1ccc(C)c(CC(NN)c2ccc(F)cc2F)c1. The Labute approximate surface area is 117 Å². The fraction of sp³-hybridized carbons (Fsp3) is 0.250. The third kappa shape index (κ3) is 3.21. The zero-order valence-corrected chi connectivity index (χ0v) is 11.6. The van der Waals surface area contributed by atoms with Crippen LogP contribution in [0, 0.1) is 25.5 Å². The molecule has 0 amide bonds. The first kappa shape index (κ1) is 14.6. The van der Waals surface area contributed by atoms with Crippen LogP contribution in [0.5, 0.6) is 0 Å². The lowest BCUT2D eigenvalue weighted by Crippen LogP contribution is -2.30. The highest BCUT2D eigenvalue weighted by molar-refractivity contribution is 5.33. The third-order valence-corrected chi connectivity index (χ3v) is 3.47. The molecular weight excluding hydrogens is 258 g/mol. The maximum absolute atomic E-state index is 13.8. The first-order chi connectivity index (χ1) is 9.51. The van der Waals surface area contributed by atoms with Crippen molar-refractivity contribution < 1.29 is 8.78 Å². The highest BCUT2D eigenvalue weighted by Crippen LogP contribution is 2.23. The van der Waals surface area contributed by atoms with E-state index in [0.29, 0.717) is 12.0 Å². The van der Waals surface area contributed by atoms with Crippen LogP contribution in [-0.2, 0) is 6.42 Å². The molecule has 0 bridgehead atoms. The van der Waals surface area contributed by atoms with E-state index in [9.17, 15) is 8.78 Å². The molecular formula is C16H18F2N2. The molecule has 0 radical (unpaired) electrons. The second-order valence-corrected chi connectivity index (χ2v) is 5.02. The second kappa shape index (κ2) is 6.11. The number of hydrazine groups is 1. The standard InChI is InChI=1S/C16H18F2N2/c1-10-3-4-11(2)12(7-10)8-16(20-19)14-6-5-13(17)9-15(14)18/h3-7,9,16,20H,8,19H2,1-2H3. The summed E-state index contributed by atoms with van der Waals surface area (Å²) in [6, 6.07) is 9.27. The van der Waals surface area contributed by atoms with Crippen molar-refractivity contribution in [2.45, 2.75) is 26.3 Å². The van der Waals surface area contributed by atoms with Gasteiger partial charge in [-0.15, -0.1) is 0 Å². The van der Waals surface area contributed by atoms with Crippen LogP contribution in [0.3, 0.4) is 0 Å². The maximum atomic E-state index is 13.8. The molecule has 2 rings (SSSR count). The largest absolute Gasteiger partial charge is 0.271 e. The number of aryl methyl sites for hydroxylation is 2. The molecule has 2 nitrogen and oxygen atoms in total. The third-order valence-electron chi connectivity index (χ3n) is 3.47. The van der Waals surface area contributed by atoms with E-state index in [1.807, 2.05) is 26.0 Å². The summed E-state index contributed by atoms with van der Waals surface area (Å²) in [5.41, 5.74) is 6.34. The van der Waals surface area contributed by atoms with Gasteiger partial charge in [-0.2, -0.15) is 0 Å². The first-order valence-electron chi connectivity index (χ1n) is 6.48. The predicted molar refractivity (Wildman–Crippen MR) is 76.0 cm³/mol. The minimum absolute atomic E-state index is 0.370. The van der Waals surface area contributed by atoms with Crippen molar-refractivity contribution in [2.24, 2.45) is 5.84 Å². The Morgan fingerprint density at radius 3 is 2.50 bits per heavy atom. The number of hydrogen-bond acceptors (Lipinski definition) is 2. The van der Waals surface area contributed by atoms with E-state index >= 15 is 0 Å². The summed E-state index contributed by atoms with van der Waals surface area (Å²) < 4.78 is 26.8. The summed E-state index contributed by atoms with van der Waals surface area (Å²) in [6.07, 6.45) is 0.548. The molecule has 0 saturated carbocycles. The van der Waals surface area contributed by atoms with Crippen LogP contribution < -0.4 is 11.3 Å². The molecule has 0 spiro atoms. The van der Waals surface area contributed by atoms with Gasteiger partial charge in [-0.3, -0.25) is 11.3 Å². The van der Waals surface area contributed by atoms with Gasteiger partial charge in [-0.25, -0.2) is 8.78 Å². The van der Waals surface area contributed by atoms with Crippen LogP contribution in [0.4, 0.5) is 8.78 Å². The second-order valence-electron chi connectivity index (χ2n) is 5.02. The van der Waals surface area contributed by atoms with Crippen molar-refractivity contribution in [3.05, 3.63) is 70.3 Å². The van der Waals surface area contributed by atoms with Crippen molar-refractivity contribution >= 4 is 0 Å². The van der Waals surface area contributed by atoms with Gasteiger partial charge in [-0.05, 0) is 37.5 Å². The van der Waals surface area contributed by atoms with Gasteiger partial charge in [0.05, 0.1) is 6.04 Å². The Morgan fingerprint density at radius 1 is 1.10 bits per heavy atom. The zero-order chi connectivity index (χ0) is 14.7. The lowest BCUT2D eigenvalue weighted by atomic mass is 9.95. The summed E-state index contributed by atoms with van der Waals surface area (Å²) in [5, 5.41) is 0. The molecule has 0 aliphatic rings. The normalized spacial score (nSPS) is 12.4. The molecule has 0 heterocycles. The monoisotopic (exact) mass is 276 g/mol. The van der Waals surface area contributed by atoms with E-state index in [-0.39, 0.29) is 0 Å². The van der Waals surface area contributed by atoms with Gasteiger partial charge < -0.3 is 0 Å². The van der Waals surface area contributed by atoms with E-state index < -0.39 is 17.7 Å². The minimum Gasteiger partial charge on any atom is -0.271 e. The Bertz CT molecular complexity index is 611. The molecule has 1 unspecified atom stereocenters. The Balaban J connectivity index is 2.31. The number of benzene rings is 2. The van der Waals surface area contributed by atoms with Crippen LogP contribution in [0.2, 0.25) is 0 Å². The quantitative estimate of drug-likeness (QED) is 0.664. The molecule has 1 atom stereocenters. The summed E-state index contributed by atoms with van der Waals surface area (Å²) in [6.45, 7) is 4.01. The maximum Gasteiger partial charge on any atom is 0.130 e. The summed E-state index contributed by atoms with van der Waals surface area (Å²) in [7, 11) is 0. The van der Waals surface area contributed by atoms with Gasteiger partial charge in [-0.1, -0.05) is 29.8 Å². The molecule has 0 saturated heterocycles. The van der Waals surface area contributed by atoms with Crippen molar-refractivity contribution in [2.75, 3.05) is 0 Å². The fourth-order valence-electron chi connectivity index (χ4n) is 2.28. The smallest absolute Gasteiger partial charge is 0.130 e. The lowest BCUT2D eigenvalue weighted by Gasteiger charge is -2.18. The molecule has 2 aromatic rings. The van der Waals surface area contributed by atoms with Crippen LogP contribution in [0.1, 0.15) is 28.3 Å². The molecule has 0 aliphatic carbocycles. The highest BCUT2D eigenvalue weighted by atomic mass is 19.1. The Hall–Kier alpha value is -1.78. The first-order valence-corrected chi connectivity index (χ1v) is 6.48. The molecule has 0 fully saturated rings. The molecule has 106 valence electrons. The van der Waals surface area contributed by atoms with Crippen molar-refractivity contribution in [1.29, 1.82) is 0 Å². The van der Waals surface area contributed by atoms with E-state index in [0.717, 1.165) is 22.8 Å². The molecule has 4 heteroatoms. The zero-order valence-electron chi connectivity index (χ0n) is 11.6. The number of hydrogen-bond donors (Lipinski definition) is 2. The highest BCUT2D eigenvalue weighted by Gasteiger charge is 2.16. The minimum atomic E-state index is -0.589. The van der Waals surface area contributed by atoms with Crippen LogP contribution in [-0.4, -0.2) is 0 Å². The number of halogens is 2. The van der Waals surface area contributed by atoms with Crippen molar-refractivity contribution in [3.63, 3.8) is 0 Å². The summed E-state index contributed by atoms with van der Waals surface area (Å²) >= 11 is 0. The van der Waals surface area contributed by atoms with Crippen LogP contribution in [0.15, 0.2) is 36.4 Å². The van der Waals surface area contributed by atoms with Gasteiger partial charge in [0.15, 0.2) is 0 Å². The average molecular weight is 276 g/mol. The van der Waals surface area contributed by atoms with Gasteiger partial charge in [0, 0.05) is 11.6 Å². The average Bonchev–Trinajstić information content (AvgIpc) is 2.40. The number of nitrogens with one attached hydrogen (secondary N) is 1. The number of rotatable bonds is 4. The topological polar surface area (TPSA) is 38.0 Å². The fourth-order valence-corrected chi connectivity index (χ4v) is 2.28. The van der Waals surface area contributed by atoms with Gasteiger partial charge >= 0.3 is 0 Å². The molecule has 0 aliphatic heterocycles. The summed E-state index contributed by atoms with van der Waals surface area (Å²) in [5.74, 6) is 4.36. The van der Waals surface area contributed by atoms with E-state index in [4.69, 9.17) is 5.84 Å². The van der Waals surface area contributed by atoms with E-state index in [2.05, 4.69) is 11.5 Å². The van der Waals surface area contributed by atoms with E-state index in [1.165, 1.54) is 12.1 Å². The molecule has 0 aromatic heterocycles. The lowest BCUT2D eigenvalue weighted by molar-refractivity contribution is 0.502. The van der Waals surface area contributed by atoms with Gasteiger partial charge in [0.1, 0.15) is 11.6 Å². The van der Waals surface area contributed by atoms with Crippen molar-refractivity contribution in [1.82, 2.24) is 5.43 Å². The van der Waals surface area contributed by atoms with Gasteiger partial charge in [0.25, 0.3) is 0 Å². The van der Waals surface area contributed by atoms with Crippen LogP contribution in [0.25, 0.3) is 0 Å². The summed E-state index contributed by atoms with van der Waals surface area (Å²) in [4.78, 5) is 0. The molecule has 2 aromatic carbocycles. The van der Waals surface area contributed by atoms with Crippen molar-refractivity contribution in [3.8, 4) is 0 Å².